The Morgan fingerprint density at radius 2 is 1.86 bits per heavy atom. The van der Waals surface area contributed by atoms with Crippen molar-refractivity contribution in [1.82, 2.24) is 0 Å². The van der Waals surface area contributed by atoms with E-state index in [1.54, 1.807) is 6.08 Å². The number of carboxylic acid groups (broad SMARTS) is 1. The first-order valence-electron chi connectivity index (χ1n) is 10.7. The molecule has 1 aromatic rings. The lowest BCUT2D eigenvalue weighted by molar-refractivity contribution is -0.137. The maximum atomic E-state index is 12.9. The van der Waals surface area contributed by atoms with Crippen LogP contribution in [0.15, 0.2) is 54.6 Å². The predicted molar refractivity (Wildman–Crippen MR) is 114 cm³/mol. The summed E-state index contributed by atoms with van der Waals surface area (Å²) in [5.74, 6) is 0.0453. The summed E-state index contributed by atoms with van der Waals surface area (Å²) in [5, 5.41) is 8.71. The van der Waals surface area contributed by atoms with Crippen molar-refractivity contribution >= 4 is 11.8 Å². The Hall–Kier alpha value is -2.20. The van der Waals surface area contributed by atoms with E-state index in [4.69, 9.17) is 9.84 Å². The van der Waals surface area contributed by atoms with E-state index in [-0.39, 0.29) is 30.3 Å². The van der Waals surface area contributed by atoms with Gasteiger partial charge in [-0.1, -0.05) is 48.6 Å². The summed E-state index contributed by atoms with van der Waals surface area (Å²) in [6.07, 6.45) is 13.3. The van der Waals surface area contributed by atoms with Crippen LogP contribution in [0.4, 0.5) is 0 Å². The Morgan fingerprint density at radius 3 is 2.59 bits per heavy atom. The number of aliphatic carboxylic acids is 1. The van der Waals surface area contributed by atoms with Crippen LogP contribution in [0.1, 0.15) is 57.9 Å². The van der Waals surface area contributed by atoms with Gasteiger partial charge in [0.15, 0.2) is 5.78 Å². The van der Waals surface area contributed by atoms with Crippen molar-refractivity contribution in [3.05, 3.63) is 60.2 Å². The van der Waals surface area contributed by atoms with Crippen molar-refractivity contribution in [3.8, 4) is 0 Å². The Balaban J connectivity index is 1.60. The van der Waals surface area contributed by atoms with Gasteiger partial charge in [0.2, 0.25) is 0 Å². The summed E-state index contributed by atoms with van der Waals surface area (Å²) >= 11 is 0. The summed E-state index contributed by atoms with van der Waals surface area (Å²) < 4.78 is 6.14. The molecule has 1 aromatic carbocycles. The third-order valence-electron chi connectivity index (χ3n) is 6.40. The molecule has 0 aliphatic carbocycles. The van der Waals surface area contributed by atoms with Crippen molar-refractivity contribution in [2.24, 2.45) is 11.8 Å². The highest BCUT2D eigenvalue weighted by molar-refractivity contribution is 5.98. The van der Waals surface area contributed by atoms with Gasteiger partial charge in [-0.25, -0.2) is 0 Å². The number of ketones is 1. The standard InChI is InChI=1S/C25H32O4/c1-25(2,18-10-6-5-7-11-18)23(26)17-14-20-19(21-15-16-22(20)29-21)12-8-3-4-9-13-24(27)28/h3,5-8,10-11,14,17,19-22H,4,9,12-13,15-16H2,1-2H3,(H,27,28)/b8-3-,17-14+/t19?,20-,21+,22-/m0/s1. The van der Waals surface area contributed by atoms with Crippen LogP contribution in [0.3, 0.4) is 0 Å². The quantitative estimate of drug-likeness (QED) is 0.340. The first-order chi connectivity index (χ1) is 13.9. The lowest BCUT2D eigenvalue weighted by Gasteiger charge is -2.26. The molecule has 1 N–H and O–H groups in total. The van der Waals surface area contributed by atoms with Crippen molar-refractivity contribution in [2.45, 2.75) is 70.0 Å². The van der Waals surface area contributed by atoms with Gasteiger partial charge in [0.05, 0.1) is 17.6 Å². The average Bonchev–Trinajstić information content (AvgIpc) is 3.31. The third kappa shape index (κ3) is 5.24. The van der Waals surface area contributed by atoms with Gasteiger partial charge in [-0.15, -0.1) is 0 Å². The van der Waals surface area contributed by atoms with Crippen LogP contribution in [-0.4, -0.2) is 29.1 Å². The summed E-state index contributed by atoms with van der Waals surface area (Å²) in [6.45, 7) is 3.95. The molecule has 2 fully saturated rings. The Labute approximate surface area is 173 Å². The number of carbonyl (C=O) groups is 2. The monoisotopic (exact) mass is 396 g/mol. The Bertz CT molecular complexity index is 762. The van der Waals surface area contributed by atoms with Gasteiger partial charge in [-0.2, -0.15) is 0 Å². The summed E-state index contributed by atoms with van der Waals surface area (Å²) in [7, 11) is 0. The van der Waals surface area contributed by atoms with E-state index in [2.05, 4.69) is 18.2 Å². The van der Waals surface area contributed by atoms with Gasteiger partial charge in [-0.05, 0) is 63.5 Å². The second-order valence-corrected chi connectivity index (χ2v) is 8.74. The summed E-state index contributed by atoms with van der Waals surface area (Å²) in [5.41, 5.74) is 0.482. The molecule has 0 radical (unpaired) electrons. The van der Waals surface area contributed by atoms with Gasteiger partial charge < -0.3 is 9.84 Å². The van der Waals surface area contributed by atoms with E-state index in [9.17, 15) is 9.59 Å². The van der Waals surface area contributed by atoms with E-state index in [0.717, 1.165) is 31.2 Å². The minimum atomic E-state index is -0.742. The van der Waals surface area contributed by atoms with Crippen LogP contribution in [-0.2, 0) is 19.7 Å². The zero-order valence-electron chi connectivity index (χ0n) is 17.4. The molecule has 4 atom stereocenters. The van der Waals surface area contributed by atoms with Crippen LogP contribution in [0.2, 0.25) is 0 Å². The van der Waals surface area contributed by atoms with Gasteiger partial charge in [-0.3, -0.25) is 9.59 Å². The van der Waals surface area contributed by atoms with E-state index in [0.29, 0.717) is 12.3 Å². The molecule has 156 valence electrons. The lowest BCUT2D eigenvalue weighted by Crippen LogP contribution is -2.29. The number of ether oxygens (including phenoxy) is 1. The molecule has 4 nitrogen and oxygen atoms in total. The third-order valence-corrected chi connectivity index (χ3v) is 6.40. The van der Waals surface area contributed by atoms with E-state index >= 15 is 0 Å². The van der Waals surface area contributed by atoms with Gasteiger partial charge in [0.25, 0.3) is 0 Å². The molecular formula is C25H32O4. The molecule has 0 spiro atoms. The molecule has 0 aromatic heterocycles. The molecule has 1 unspecified atom stereocenters. The molecule has 4 heteroatoms. The number of carbonyl (C=O) groups excluding carboxylic acids is 1. The lowest BCUT2D eigenvalue weighted by atomic mass is 9.76. The molecule has 3 rings (SSSR count). The fourth-order valence-electron chi connectivity index (χ4n) is 4.53. The molecular weight excluding hydrogens is 364 g/mol. The fourth-order valence-corrected chi connectivity index (χ4v) is 4.53. The molecule has 2 bridgehead atoms. The van der Waals surface area contributed by atoms with Gasteiger partial charge >= 0.3 is 5.97 Å². The van der Waals surface area contributed by atoms with Crippen LogP contribution < -0.4 is 0 Å². The summed E-state index contributed by atoms with van der Waals surface area (Å²) in [4.78, 5) is 23.5. The molecule has 29 heavy (non-hydrogen) atoms. The Morgan fingerprint density at radius 1 is 1.14 bits per heavy atom. The van der Waals surface area contributed by atoms with Crippen molar-refractivity contribution in [2.75, 3.05) is 0 Å². The minimum absolute atomic E-state index is 0.120. The number of allylic oxidation sites excluding steroid dienone is 3. The topological polar surface area (TPSA) is 63.6 Å². The molecule has 0 saturated carbocycles. The Kier molecular flexibility index (Phi) is 7.07. The van der Waals surface area contributed by atoms with Crippen molar-refractivity contribution in [1.29, 1.82) is 0 Å². The molecule has 0 amide bonds. The van der Waals surface area contributed by atoms with Crippen molar-refractivity contribution in [3.63, 3.8) is 0 Å². The van der Waals surface area contributed by atoms with E-state index in [1.807, 2.05) is 44.2 Å². The van der Waals surface area contributed by atoms with E-state index in [1.165, 1.54) is 0 Å². The largest absolute Gasteiger partial charge is 0.481 e. The zero-order chi connectivity index (χ0) is 20.9. The maximum absolute atomic E-state index is 12.9. The SMILES string of the molecule is CC(C)(C(=O)/C=C/[C@H]1C(C/C=C\CCCC(=O)O)[C@H]2CC[C@@H]1O2)c1ccccc1. The average molecular weight is 397 g/mol. The number of benzene rings is 1. The molecule has 2 aliphatic rings. The van der Waals surface area contributed by atoms with Crippen LogP contribution >= 0.6 is 0 Å². The van der Waals surface area contributed by atoms with Gasteiger partial charge in [0.1, 0.15) is 0 Å². The zero-order valence-corrected chi connectivity index (χ0v) is 17.4. The number of rotatable bonds is 10. The summed E-state index contributed by atoms with van der Waals surface area (Å²) in [6, 6.07) is 9.91. The normalized spacial score (nSPS) is 26.6. The first kappa shape index (κ1) is 21.5. The maximum Gasteiger partial charge on any atom is 0.303 e. The molecule has 2 saturated heterocycles. The van der Waals surface area contributed by atoms with Crippen LogP contribution in [0, 0.1) is 11.8 Å². The van der Waals surface area contributed by atoms with Crippen LogP contribution in [0.5, 0.6) is 0 Å². The number of carboxylic acids is 1. The fraction of sp³-hybridized carbons (Fsp3) is 0.520. The van der Waals surface area contributed by atoms with Crippen molar-refractivity contribution < 1.29 is 19.4 Å². The number of fused-ring (bicyclic) bond motifs is 2. The minimum Gasteiger partial charge on any atom is -0.481 e. The second-order valence-electron chi connectivity index (χ2n) is 8.74. The number of hydrogen-bond acceptors (Lipinski definition) is 3. The second kappa shape index (κ2) is 9.53. The number of unbranched alkanes of at least 4 members (excludes halogenated alkanes) is 1. The first-order valence-corrected chi connectivity index (χ1v) is 10.7. The highest BCUT2D eigenvalue weighted by Gasteiger charge is 2.47. The highest BCUT2D eigenvalue weighted by atomic mass is 16.5. The number of hydrogen-bond donors (Lipinski definition) is 1. The smallest absolute Gasteiger partial charge is 0.303 e. The van der Waals surface area contributed by atoms with Crippen LogP contribution in [0.25, 0.3) is 0 Å². The van der Waals surface area contributed by atoms with Gasteiger partial charge in [0, 0.05) is 12.3 Å². The highest BCUT2D eigenvalue weighted by Crippen LogP contribution is 2.46. The van der Waals surface area contributed by atoms with E-state index < -0.39 is 11.4 Å². The molecule has 2 aliphatic heterocycles. The molecule has 2 heterocycles. The predicted octanol–water partition coefficient (Wildman–Crippen LogP) is 5.08.